The van der Waals surface area contributed by atoms with E-state index in [0.717, 1.165) is 16.9 Å². The number of anilines is 1. The van der Waals surface area contributed by atoms with E-state index in [1.165, 1.54) is 17.1 Å². The fourth-order valence-corrected chi connectivity index (χ4v) is 4.20. The highest BCUT2D eigenvalue weighted by Gasteiger charge is 2.36. The number of carbonyl (C=O) groups excluding carboxylic acids is 2. The largest absolute Gasteiger partial charge is 0.479 e. The summed E-state index contributed by atoms with van der Waals surface area (Å²) in [6.45, 7) is 1.29. The maximum absolute atomic E-state index is 12.5. The van der Waals surface area contributed by atoms with Crippen molar-refractivity contribution in [1.29, 1.82) is 0 Å². The molecule has 28 heavy (non-hydrogen) atoms. The lowest BCUT2D eigenvalue weighted by molar-refractivity contribution is -0.142. The maximum Gasteiger partial charge on any atom is 0.355 e. The van der Waals surface area contributed by atoms with Crippen LogP contribution in [0.5, 0.6) is 0 Å². The van der Waals surface area contributed by atoms with Crippen LogP contribution in [0.3, 0.4) is 0 Å². The van der Waals surface area contributed by atoms with Crippen LogP contribution >= 0.6 is 23.1 Å². The monoisotopic (exact) mass is 427 g/mol. The van der Waals surface area contributed by atoms with E-state index in [4.69, 9.17) is 15.6 Å². The number of esters is 1. The van der Waals surface area contributed by atoms with E-state index in [1.807, 2.05) is 6.92 Å². The number of ether oxygens (including phenoxy) is 1. The number of carbonyl (C=O) groups is 3. The van der Waals surface area contributed by atoms with Crippen molar-refractivity contribution in [2.24, 2.45) is 5.16 Å². The first-order valence-electron chi connectivity index (χ1n) is 8.08. The van der Waals surface area contributed by atoms with Gasteiger partial charge in [-0.15, -0.1) is 23.1 Å². The van der Waals surface area contributed by atoms with E-state index in [-0.39, 0.29) is 34.6 Å². The predicted octanol–water partition coefficient (Wildman–Crippen LogP) is -0.491. The Morgan fingerprint density at radius 2 is 2.36 bits per heavy atom. The van der Waals surface area contributed by atoms with Crippen LogP contribution in [-0.4, -0.2) is 64.0 Å². The maximum atomic E-state index is 12.5. The van der Waals surface area contributed by atoms with Crippen molar-refractivity contribution >= 4 is 51.8 Å². The molecule has 1 aromatic rings. The molecule has 0 fully saturated rings. The van der Waals surface area contributed by atoms with Crippen LogP contribution in [0.15, 0.2) is 21.8 Å². The number of thiazole rings is 1. The first kappa shape index (κ1) is 19.9. The molecule has 13 heteroatoms. The van der Waals surface area contributed by atoms with Gasteiger partial charge in [0.2, 0.25) is 6.61 Å². The van der Waals surface area contributed by atoms with Crippen molar-refractivity contribution in [2.45, 2.75) is 18.4 Å². The average molecular weight is 427 g/mol. The molecule has 2 aliphatic heterocycles. The average Bonchev–Trinajstić information content (AvgIpc) is 3.19. The molecule has 3 heterocycles. The lowest BCUT2D eigenvalue weighted by Gasteiger charge is -2.24. The Labute approximate surface area is 167 Å². The molecular weight excluding hydrogens is 410 g/mol. The Balaban J connectivity index is 1.63. The summed E-state index contributed by atoms with van der Waals surface area (Å²) in [4.78, 5) is 43.6. The number of nitrogens with two attached hydrogens (primary N) is 1. The molecule has 0 unspecified atom stereocenters. The van der Waals surface area contributed by atoms with Gasteiger partial charge < -0.3 is 31.0 Å². The first-order chi connectivity index (χ1) is 13.3. The number of cyclic esters (lactones) is 1. The molecule has 5 N–H and O–H groups in total. The molecular formula is C15H17N5O6S2. The second-order valence-electron chi connectivity index (χ2n) is 5.78. The van der Waals surface area contributed by atoms with Crippen LogP contribution in [-0.2, 0) is 24.0 Å². The highest BCUT2D eigenvalue weighted by Crippen LogP contribution is 2.30. The number of carboxylic acids is 1. The van der Waals surface area contributed by atoms with Crippen LogP contribution in [0.1, 0.15) is 12.6 Å². The summed E-state index contributed by atoms with van der Waals surface area (Å²) in [6, 6.07) is 0. The van der Waals surface area contributed by atoms with Crippen LogP contribution in [0.4, 0.5) is 5.13 Å². The van der Waals surface area contributed by atoms with Gasteiger partial charge in [-0.1, -0.05) is 5.16 Å². The molecule has 0 aromatic carbocycles. The second kappa shape index (κ2) is 8.48. The third-order valence-electron chi connectivity index (χ3n) is 3.82. The van der Waals surface area contributed by atoms with E-state index >= 15 is 0 Å². The van der Waals surface area contributed by atoms with Gasteiger partial charge in [-0.2, -0.15) is 0 Å². The minimum absolute atomic E-state index is 0.174. The minimum atomic E-state index is -1.23. The SMILES string of the molecule is C[C@H]1OC(=O)C2=C1CS[C@H](CNC(=O)/C(=N/OCC(=O)O)c1csc(N)n1)N2. The lowest BCUT2D eigenvalue weighted by Crippen LogP contribution is -2.44. The van der Waals surface area contributed by atoms with Gasteiger partial charge in [0.1, 0.15) is 17.5 Å². The van der Waals surface area contributed by atoms with Crippen molar-refractivity contribution in [3.8, 4) is 0 Å². The van der Waals surface area contributed by atoms with Crippen molar-refractivity contribution in [2.75, 3.05) is 24.6 Å². The quantitative estimate of drug-likeness (QED) is 0.253. The molecule has 11 nitrogen and oxygen atoms in total. The summed E-state index contributed by atoms with van der Waals surface area (Å²) < 4.78 is 5.17. The van der Waals surface area contributed by atoms with Gasteiger partial charge in [0.05, 0.1) is 5.37 Å². The summed E-state index contributed by atoms with van der Waals surface area (Å²) in [6.07, 6.45) is -0.252. The highest BCUT2D eigenvalue weighted by atomic mass is 32.2. The Hall–Kier alpha value is -2.80. The summed E-state index contributed by atoms with van der Waals surface area (Å²) in [5, 5.41) is 19.5. The van der Waals surface area contributed by atoms with Crippen molar-refractivity contribution in [1.82, 2.24) is 15.6 Å². The van der Waals surface area contributed by atoms with Gasteiger partial charge in [-0.05, 0) is 6.92 Å². The van der Waals surface area contributed by atoms with E-state index in [9.17, 15) is 14.4 Å². The molecule has 2 aliphatic rings. The van der Waals surface area contributed by atoms with E-state index in [2.05, 4.69) is 25.6 Å². The van der Waals surface area contributed by atoms with E-state index in [1.54, 1.807) is 0 Å². The number of oxime groups is 1. The van der Waals surface area contributed by atoms with E-state index < -0.39 is 24.5 Å². The number of nitrogens with zero attached hydrogens (tertiary/aromatic N) is 2. The Bertz CT molecular complexity index is 867. The van der Waals surface area contributed by atoms with Gasteiger partial charge in [-0.3, -0.25) is 4.79 Å². The zero-order chi connectivity index (χ0) is 20.3. The molecule has 0 saturated heterocycles. The Kier molecular flexibility index (Phi) is 6.04. The molecule has 0 aliphatic carbocycles. The Morgan fingerprint density at radius 3 is 3.04 bits per heavy atom. The van der Waals surface area contributed by atoms with Crippen LogP contribution < -0.4 is 16.4 Å². The third kappa shape index (κ3) is 4.54. The van der Waals surface area contributed by atoms with Crippen LogP contribution in [0, 0.1) is 0 Å². The van der Waals surface area contributed by atoms with Crippen molar-refractivity contribution in [3.05, 3.63) is 22.3 Å². The van der Waals surface area contributed by atoms with Crippen molar-refractivity contribution in [3.63, 3.8) is 0 Å². The summed E-state index contributed by atoms with van der Waals surface area (Å²) >= 11 is 2.63. The van der Waals surface area contributed by atoms with Gasteiger partial charge >= 0.3 is 11.9 Å². The second-order valence-corrected chi connectivity index (χ2v) is 7.86. The van der Waals surface area contributed by atoms with E-state index in [0.29, 0.717) is 11.4 Å². The highest BCUT2D eigenvalue weighted by molar-refractivity contribution is 8.00. The molecule has 150 valence electrons. The third-order valence-corrected chi connectivity index (χ3v) is 5.66. The van der Waals surface area contributed by atoms with Gasteiger partial charge in [-0.25, -0.2) is 14.6 Å². The standard InChI is InChI=1S/C15H17N5O6S2/c1-6-7-4-27-9(19-11(7)14(24)26-6)2-17-13(23)12(20-25-3-10(21)22)8-5-28-15(16)18-8/h5-6,9,19H,2-4H2,1H3,(H2,16,18)(H,17,23)(H,21,22)/b20-12+/t6-,9-/m1/s1. The number of nitrogen functional groups attached to an aromatic ring is 1. The normalized spacial score (nSPS) is 21.6. The summed E-state index contributed by atoms with van der Waals surface area (Å²) in [5.74, 6) is -1.63. The van der Waals surface area contributed by atoms with Crippen LogP contribution in [0.25, 0.3) is 0 Å². The molecule has 1 amide bonds. The topological polar surface area (TPSA) is 165 Å². The number of aliphatic carboxylic acids is 1. The first-order valence-corrected chi connectivity index (χ1v) is 10.0. The number of nitrogens with one attached hydrogen (secondary N) is 2. The molecule has 2 atom stereocenters. The summed E-state index contributed by atoms with van der Waals surface area (Å²) in [7, 11) is 0. The van der Waals surface area contributed by atoms with Crippen molar-refractivity contribution < 1.29 is 29.1 Å². The molecule has 3 rings (SSSR count). The van der Waals surface area contributed by atoms with Gasteiger partial charge in [0.15, 0.2) is 10.8 Å². The number of rotatable bonds is 7. The zero-order valence-electron chi connectivity index (χ0n) is 14.6. The number of hydrogen-bond donors (Lipinski definition) is 4. The fraction of sp³-hybridized carbons (Fsp3) is 0.400. The molecule has 0 spiro atoms. The van der Waals surface area contributed by atoms with Crippen LogP contribution in [0.2, 0.25) is 0 Å². The predicted molar refractivity (Wildman–Crippen MR) is 102 cm³/mol. The molecule has 0 bridgehead atoms. The number of carboxylic acid groups (broad SMARTS) is 1. The molecule has 0 saturated carbocycles. The number of aromatic nitrogens is 1. The number of thioether (sulfide) groups is 1. The smallest absolute Gasteiger partial charge is 0.355 e. The fourth-order valence-electron chi connectivity index (χ4n) is 2.49. The van der Waals surface area contributed by atoms with Gasteiger partial charge in [0, 0.05) is 23.3 Å². The van der Waals surface area contributed by atoms with Gasteiger partial charge in [0.25, 0.3) is 5.91 Å². The Morgan fingerprint density at radius 1 is 1.57 bits per heavy atom. The lowest BCUT2D eigenvalue weighted by atomic mass is 10.1. The zero-order valence-corrected chi connectivity index (χ0v) is 16.3. The molecule has 0 radical (unpaired) electrons. The molecule has 1 aromatic heterocycles. The number of hydrogen-bond acceptors (Lipinski definition) is 11. The minimum Gasteiger partial charge on any atom is -0.479 e. The number of amides is 1. The summed E-state index contributed by atoms with van der Waals surface area (Å²) in [5.41, 5.74) is 6.91.